The molecule has 2 heteroatoms. The molecular formula is C18H29NO. The number of hydrogen-bond acceptors (Lipinski definition) is 2. The van der Waals surface area contributed by atoms with Crippen LogP contribution in [0.2, 0.25) is 0 Å². The minimum atomic E-state index is 0.344. The van der Waals surface area contributed by atoms with Crippen LogP contribution in [0.15, 0.2) is 18.2 Å². The van der Waals surface area contributed by atoms with Crippen molar-refractivity contribution in [1.29, 1.82) is 0 Å². The summed E-state index contributed by atoms with van der Waals surface area (Å²) in [5.41, 5.74) is 9.19. The van der Waals surface area contributed by atoms with Gasteiger partial charge in [-0.1, -0.05) is 45.2 Å². The third kappa shape index (κ3) is 3.99. The maximum Gasteiger partial charge on any atom is 0.122 e. The monoisotopic (exact) mass is 275 g/mol. The average Bonchev–Trinajstić information content (AvgIpc) is 2.93. The lowest BCUT2D eigenvalue weighted by Crippen LogP contribution is -2.30. The summed E-state index contributed by atoms with van der Waals surface area (Å²) < 4.78 is 5.55. The van der Waals surface area contributed by atoms with Gasteiger partial charge in [-0.2, -0.15) is 0 Å². The van der Waals surface area contributed by atoms with Crippen LogP contribution in [0.25, 0.3) is 0 Å². The van der Waals surface area contributed by atoms with E-state index in [-0.39, 0.29) is 0 Å². The summed E-state index contributed by atoms with van der Waals surface area (Å²) in [6, 6.07) is 6.97. The van der Waals surface area contributed by atoms with E-state index in [1.54, 1.807) is 0 Å². The van der Waals surface area contributed by atoms with E-state index in [1.165, 1.54) is 36.8 Å². The summed E-state index contributed by atoms with van der Waals surface area (Å²) in [7, 11) is 0. The first-order valence-electron chi connectivity index (χ1n) is 8.24. The first kappa shape index (κ1) is 15.4. The fourth-order valence-corrected chi connectivity index (χ4v) is 3.15. The van der Waals surface area contributed by atoms with Crippen LogP contribution in [0.3, 0.4) is 0 Å². The van der Waals surface area contributed by atoms with Crippen LogP contribution in [0.4, 0.5) is 0 Å². The number of rotatable bonds is 8. The van der Waals surface area contributed by atoms with Crippen LogP contribution < -0.4 is 10.5 Å². The van der Waals surface area contributed by atoms with E-state index in [0.717, 1.165) is 31.6 Å². The normalized spacial score (nSPS) is 16.6. The minimum absolute atomic E-state index is 0.344. The molecule has 2 rings (SSSR count). The van der Waals surface area contributed by atoms with Gasteiger partial charge in [0, 0.05) is 12.5 Å². The number of benzene rings is 1. The smallest absolute Gasteiger partial charge is 0.122 e. The van der Waals surface area contributed by atoms with Crippen LogP contribution in [0.5, 0.6) is 5.75 Å². The van der Waals surface area contributed by atoms with Gasteiger partial charge in [0.25, 0.3) is 0 Å². The Morgan fingerprint density at radius 3 is 2.85 bits per heavy atom. The summed E-state index contributed by atoms with van der Waals surface area (Å²) in [6.45, 7) is 5.37. The molecule has 1 aromatic carbocycles. The van der Waals surface area contributed by atoms with Crippen LogP contribution in [0, 0.1) is 5.92 Å². The number of fused-ring (bicyclic) bond motifs is 1. The van der Waals surface area contributed by atoms with Gasteiger partial charge in [0.1, 0.15) is 5.75 Å². The lowest BCUT2D eigenvalue weighted by molar-refractivity contribution is 0.355. The summed E-state index contributed by atoms with van der Waals surface area (Å²) in [6.07, 6.45) is 8.32. The van der Waals surface area contributed by atoms with Gasteiger partial charge in [-0.15, -0.1) is 0 Å². The maximum absolute atomic E-state index is 6.41. The van der Waals surface area contributed by atoms with Crippen molar-refractivity contribution in [1.82, 2.24) is 0 Å². The lowest BCUT2D eigenvalue weighted by Gasteiger charge is -2.22. The zero-order valence-electron chi connectivity index (χ0n) is 13.0. The van der Waals surface area contributed by atoms with Gasteiger partial charge >= 0.3 is 0 Å². The van der Waals surface area contributed by atoms with Crippen molar-refractivity contribution in [3.05, 3.63) is 29.3 Å². The SMILES string of the molecule is CCCCC(CC)C(N)CCc1ccc2c(c1)CCO2. The van der Waals surface area contributed by atoms with E-state index in [0.29, 0.717) is 12.0 Å². The molecule has 0 aliphatic carbocycles. The number of aryl methyl sites for hydroxylation is 1. The van der Waals surface area contributed by atoms with E-state index in [4.69, 9.17) is 10.5 Å². The fourth-order valence-electron chi connectivity index (χ4n) is 3.15. The van der Waals surface area contributed by atoms with Gasteiger partial charge in [0.05, 0.1) is 6.61 Å². The quantitative estimate of drug-likeness (QED) is 0.775. The number of nitrogens with two attached hydrogens (primary N) is 1. The molecule has 0 amide bonds. The van der Waals surface area contributed by atoms with Crippen molar-refractivity contribution in [2.24, 2.45) is 11.7 Å². The minimum Gasteiger partial charge on any atom is -0.493 e. The topological polar surface area (TPSA) is 35.2 Å². The summed E-state index contributed by atoms with van der Waals surface area (Å²) in [4.78, 5) is 0. The molecule has 0 bridgehead atoms. The maximum atomic E-state index is 6.41. The highest BCUT2D eigenvalue weighted by Gasteiger charge is 2.16. The van der Waals surface area contributed by atoms with Crippen molar-refractivity contribution in [3.63, 3.8) is 0 Å². The second kappa shape index (κ2) is 7.68. The summed E-state index contributed by atoms with van der Waals surface area (Å²) in [5, 5.41) is 0. The van der Waals surface area contributed by atoms with Crippen LogP contribution in [0.1, 0.15) is 57.1 Å². The highest BCUT2D eigenvalue weighted by molar-refractivity contribution is 5.39. The van der Waals surface area contributed by atoms with Gasteiger partial charge in [0.2, 0.25) is 0 Å². The van der Waals surface area contributed by atoms with E-state index < -0.39 is 0 Å². The second-order valence-corrected chi connectivity index (χ2v) is 6.05. The molecule has 1 aliphatic rings. The summed E-state index contributed by atoms with van der Waals surface area (Å²) >= 11 is 0. The molecular weight excluding hydrogens is 246 g/mol. The van der Waals surface area contributed by atoms with Crippen LogP contribution >= 0.6 is 0 Å². The Labute approximate surface area is 123 Å². The van der Waals surface area contributed by atoms with E-state index >= 15 is 0 Å². The fraction of sp³-hybridized carbons (Fsp3) is 0.667. The second-order valence-electron chi connectivity index (χ2n) is 6.05. The Morgan fingerprint density at radius 2 is 2.10 bits per heavy atom. The third-order valence-electron chi connectivity index (χ3n) is 4.58. The van der Waals surface area contributed by atoms with Gasteiger partial charge in [-0.05, 0) is 42.4 Å². The molecule has 2 atom stereocenters. The zero-order chi connectivity index (χ0) is 14.4. The van der Waals surface area contributed by atoms with Crippen molar-refractivity contribution in [3.8, 4) is 5.75 Å². The largest absolute Gasteiger partial charge is 0.493 e. The Bertz CT molecular complexity index is 416. The summed E-state index contributed by atoms with van der Waals surface area (Å²) in [5.74, 6) is 1.76. The predicted octanol–water partition coefficient (Wildman–Crippen LogP) is 4.10. The molecule has 1 aromatic rings. The zero-order valence-corrected chi connectivity index (χ0v) is 13.0. The van der Waals surface area contributed by atoms with E-state index in [2.05, 4.69) is 32.0 Å². The molecule has 112 valence electrons. The highest BCUT2D eigenvalue weighted by atomic mass is 16.5. The number of unbranched alkanes of at least 4 members (excludes halogenated alkanes) is 1. The Hall–Kier alpha value is -1.02. The first-order valence-corrected chi connectivity index (χ1v) is 8.24. The molecule has 0 saturated heterocycles. The van der Waals surface area contributed by atoms with E-state index in [1.807, 2.05) is 0 Å². The van der Waals surface area contributed by atoms with Crippen molar-refractivity contribution in [2.75, 3.05) is 6.61 Å². The highest BCUT2D eigenvalue weighted by Crippen LogP contribution is 2.27. The standard InChI is InChI=1S/C18H29NO/c1-3-5-6-15(4-2)17(19)9-7-14-8-10-18-16(13-14)11-12-20-18/h8,10,13,15,17H,3-7,9,11-12,19H2,1-2H3. The molecule has 2 nitrogen and oxygen atoms in total. The lowest BCUT2D eigenvalue weighted by atomic mass is 9.88. The molecule has 0 fully saturated rings. The molecule has 0 radical (unpaired) electrons. The Morgan fingerprint density at radius 1 is 1.25 bits per heavy atom. The Kier molecular flexibility index (Phi) is 5.90. The number of hydrogen-bond donors (Lipinski definition) is 1. The molecule has 20 heavy (non-hydrogen) atoms. The molecule has 1 aliphatic heterocycles. The van der Waals surface area contributed by atoms with Crippen molar-refractivity contribution in [2.45, 2.75) is 64.8 Å². The Balaban J connectivity index is 1.84. The van der Waals surface area contributed by atoms with Crippen LogP contribution in [-0.4, -0.2) is 12.6 Å². The molecule has 2 unspecified atom stereocenters. The van der Waals surface area contributed by atoms with Crippen molar-refractivity contribution < 1.29 is 4.74 Å². The average molecular weight is 275 g/mol. The third-order valence-corrected chi connectivity index (χ3v) is 4.58. The molecule has 1 heterocycles. The van der Waals surface area contributed by atoms with E-state index in [9.17, 15) is 0 Å². The molecule has 0 aromatic heterocycles. The predicted molar refractivity (Wildman–Crippen MR) is 85.2 cm³/mol. The van der Waals surface area contributed by atoms with Gasteiger partial charge in [-0.3, -0.25) is 0 Å². The van der Waals surface area contributed by atoms with Gasteiger partial charge < -0.3 is 10.5 Å². The molecule has 2 N–H and O–H groups in total. The molecule has 0 spiro atoms. The first-order chi connectivity index (χ1) is 9.74. The molecule has 0 saturated carbocycles. The number of ether oxygens (including phenoxy) is 1. The van der Waals surface area contributed by atoms with Gasteiger partial charge in [-0.25, -0.2) is 0 Å². The van der Waals surface area contributed by atoms with Gasteiger partial charge in [0.15, 0.2) is 0 Å². The van der Waals surface area contributed by atoms with Crippen molar-refractivity contribution >= 4 is 0 Å². The van der Waals surface area contributed by atoms with Crippen LogP contribution in [-0.2, 0) is 12.8 Å².